The SMILES string of the molecule is O=C(NCCOCC(F)F)c1cccc(I)c1. The first-order chi connectivity index (χ1) is 8.09. The van der Waals surface area contributed by atoms with E-state index in [0.717, 1.165) is 3.57 Å². The van der Waals surface area contributed by atoms with Gasteiger partial charge in [0.1, 0.15) is 6.61 Å². The van der Waals surface area contributed by atoms with Crippen molar-refractivity contribution < 1.29 is 18.3 Å². The quantitative estimate of drug-likeness (QED) is 0.628. The monoisotopic (exact) mass is 355 g/mol. The van der Waals surface area contributed by atoms with Gasteiger partial charge in [0, 0.05) is 15.7 Å². The van der Waals surface area contributed by atoms with Crippen LogP contribution in [0.5, 0.6) is 0 Å². The van der Waals surface area contributed by atoms with Crippen LogP contribution in [0.1, 0.15) is 10.4 Å². The molecule has 0 fully saturated rings. The largest absolute Gasteiger partial charge is 0.374 e. The first kappa shape index (κ1) is 14.3. The lowest BCUT2D eigenvalue weighted by Gasteiger charge is -2.06. The smallest absolute Gasteiger partial charge is 0.261 e. The van der Waals surface area contributed by atoms with Gasteiger partial charge in [0.2, 0.25) is 0 Å². The van der Waals surface area contributed by atoms with Crippen molar-refractivity contribution in [3.05, 3.63) is 33.4 Å². The van der Waals surface area contributed by atoms with E-state index in [-0.39, 0.29) is 19.1 Å². The van der Waals surface area contributed by atoms with Crippen LogP contribution in [-0.2, 0) is 4.74 Å². The van der Waals surface area contributed by atoms with E-state index in [0.29, 0.717) is 5.56 Å². The van der Waals surface area contributed by atoms with Crippen molar-refractivity contribution in [2.45, 2.75) is 6.43 Å². The number of alkyl halides is 2. The van der Waals surface area contributed by atoms with E-state index in [4.69, 9.17) is 0 Å². The molecule has 0 aliphatic carbocycles. The lowest BCUT2D eigenvalue weighted by molar-refractivity contribution is 0.0188. The third-order valence-corrected chi connectivity index (χ3v) is 2.53. The topological polar surface area (TPSA) is 38.3 Å². The fraction of sp³-hybridized carbons (Fsp3) is 0.364. The molecule has 1 amide bonds. The van der Waals surface area contributed by atoms with Gasteiger partial charge < -0.3 is 10.1 Å². The minimum atomic E-state index is -2.47. The molecule has 3 nitrogen and oxygen atoms in total. The predicted molar refractivity (Wildman–Crippen MR) is 68.3 cm³/mol. The molecule has 0 heterocycles. The molecule has 94 valence electrons. The molecular formula is C11H12F2INO2. The molecule has 0 unspecified atom stereocenters. The van der Waals surface area contributed by atoms with Gasteiger partial charge >= 0.3 is 0 Å². The van der Waals surface area contributed by atoms with Crippen LogP contribution in [0.2, 0.25) is 0 Å². The number of carbonyl (C=O) groups is 1. The highest BCUT2D eigenvalue weighted by molar-refractivity contribution is 14.1. The second-order valence-electron chi connectivity index (χ2n) is 3.23. The molecule has 1 aromatic rings. The highest BCUT2D eigenvalue weighted by Crippen LogP contribution is 2.07. The second kappa shape index (κ2) is 7.54. The zero-order chi connectivity index (χ0) is 12.7. The number of rotatable bonds is 6. The first-order valence-electron chi connectivity index (χ1n) is 4.99. The lowest BCUT2D eigenvalue weighted by atomic mass is 10.2. The van der Waals surface area contributed by atoms with Gasteiger partial charge in [-0.3, -0.25) is 4.79 Å². The lowest BCUT2D eigenvalue weighted by Crippen LogP contribution is -2.27. The van der Waals surface area contributed by atoms with Crippen LogP contribution < -0.4 is 5.32 Å². The van der Waals surface area contributed by atoms with Gasteiger partial charge in [0.15, 0.2) is 0 Å². The van der Waals surface area contributed by atoms with Crippen LogP contribution in [0.15, 0.2) is 24.3 Å². The Kier molecular flexibility index (Phi) is 6.35. The number of nitrogens with one attached hydrogen (secondary N) is 1. The molecule has 0 saturated heterocycles. The Balaban J connectivity index is 2.26. The predicted octanol–water partition coefficient (Wildman–Crippen LogP) is 2.30. The minimum absolute atomic E-state index is 0.0833. The summed E-state index contributed by atoms with van der Waals surface area (Å²) >= 11 is 2.11. The highest BCUT2D eigenvalue weighted by atomic mass is 127. The Labute approximate surface area is 112 Å². The maximum Gasteiger partial charge on any atom is 0.261 e. The van der Waals surface area contributed by atoms with E-state index in [1.165, 1.54) is 0 Å². The fourth-order valence-corrected chi connectivity index (χ4v) is 1.68. The van der Waals surface area contributed by atoms with E-state index >= 15 is 0 Å². The van der Waals surface area contributed by atoms with Crippen LogP contribution in [0.3, 0.4) is 0 Å². The maximum atomic E-state index is 11.7. The van der Waals surface area contributed by atoms with Crippen LogP contribution >= 0.6 is 22.6 Å². The molecule has 0 aliphatic heterocycles. The van der Waals surface area contributed by atoms with Crippen LogP contribution in [-0.4, -0.2) is 32.1 Å². The summed E-state index contributed by atoms with van der Waals surface area (Å²) in [4.78, 5) is 11.6. The standard InChI is InChI=1S/C11H12F2INO2/c12-10(13)7-17-5-4-15-11(16)8-2-1-3-9(14)6-8/h1-3,6,10H,4-5,7H2,(H,15,16). The van der Waals surface area contributed by atoms with Gasteiger partial charge in [-0.25, -0.2) is 8.78 Å². The number of amides is 1. The molecule has 6 heteroatoms. The summed E-state index contributed by atoms with van der Waals surface area (Å²) in [7, 11) is 0. The Hall–Kier alpha value is -0.760. The molecule has 0 aliphatic rings. The number of benzene rings is 1. The average molecular weight is 355 g/mol. The molecule has 1 rings (SSSR count). The molecule has 0 spiro atoms. The third kappa shape index (κ3) is 5.92. The average Bonchev–Trinajstić information content (AvgIpc) is 2.28. The zero-order valence-electron chi connectivity index (χ0n) is 8.96. The van der Waals surface area contributed by atoms with Gasteiger partial charge in [0.05, 0.1) is 6.61 Å². The molecule has 0 bridgehead atoms. The Morgan fingerprint density at radius 1 is 1.47 bits per heavy atom. The van der Waals surface area contributed by atoms with E-state index in [9.17, 15) is 13.6 Å². The van der Waals surface area contributed by atoms with E-state index in [1.54, 1.807) is 18.2 Å². The Bertz CT molecular complexity index is 374. The minimum Gasteiger partial charge on any atom is -0.374 e. The summed E-state index contributed by atoms with van der Waals surface area (Å²) in [5.41, 5.74) is 0.547. The van der Waals surface area contributed by atoms with Gasteiger partial charge in [-0.2, -0.15) is 0 Å². The van der Waals surface area contributed by atoms with Crippen LogP contribution in [0.4, 0.5) is 8.78 Å². The molecule has 17 heavy (non-hydrogen) atoms. The van der Waals surface area contributed by atoms with Crippen molar-refractivity contribution in [1.82, 2.24) is 5.32 Å². The molecular weight excluding hydrogens is 343 g/mol. The second-order valence-corrected chi connectivity index (χ2v) is 4.48. The van der Waals surface area contributed by atoms with Crippen molar-refractivity contribution in [3.8, 4) is 0 Å². The van der Waals surface area contributed by atoms with Crippen molar-refractivity contribution >= 4 is 28.5 Å². The summed E-state index contributed by atoms with van der Waals surface area (Å²) in [6, 6.07) is 7.10. The van der Waals surface area contributed by atoms with Gasteiger partial charge in [-0.05, 0) is 40.8 Å². The van der Waals surface area contributed by atoms with Gasteiger partial charge in [-0.1, -0.05) is 6.07 Å². The highest BCUT2D eigenvalue weighted by Gasteiger charge is 2.05. The summed E-state index contributed by atoms with van der Waals surface area (Å²) in [5, 5.41) is 2.59. The molecule has 1 aromatic carbocycles. The molecule has 0 saturated carbocycles. The number of hydrogen-bond acceptors (Lipinski definition) is 2. The first-order valence-corrected chi connectivity index (χ1v) is 6.07. The molecule has 0 aromatic heterocycles. The third-order valence-electron chi connectivity index (χ3n) is 1.86. The molecule has 0 atom stereocenters. The van der Waals surface area contributed by atoms with E-state index < -0.39 is 13.0 Å². The number of ether oxygens (including phenoxy) is 1. The van der Waals surface area contributed by atoms with Gasteiger partial charge in [-0.15, -0.1) is 0 Å². The summed E-state index contributed by atoms with van der Waals surface area (Å²) in [6.45, 7) is -0.295. The number of carbonyl (C=O) groups excluding carboxylic acids is 1. The van der Waals surface area contributed by atoms with Crippen LogP contribution in [0.25, 0.3) is 0 Å². The number of hydrogen-bond donors (Lipinski definition) is 1. The van der Waals surface area contributed by atoms with E-state index in [1.807, 2.05) is 6.07 Å². The van der Waals surface area contributed by atoms with E-state index in [2.05, 4.69) is 32.6 Å². The van der Waals surface area contributed by atoms with Crippen molar-refractivity contribution in [3.63, 3.8) is 0 Å². The van der Waals surface area contributed by atoms with Gasteiger partial charge in [0.25, 0.3) is 12.3 Å². The summed E-state index contributed by atoms with van der Waals surface area (Å²) in [5.74, 6) is -0.232. The maximum absolute atomic E-state index is 11.7. The zero-order valence-corrected chi connectivity index (χ0v) is 11.1. The van der Waals surface area contributed by atoms with Crippen molar-refractivity contribution in [1.29, 1.82) is 0 Å². The number of halogens is 3. The normalized spacial score (nSPS) is 10.6. The summed E-state index contributed by atoms with van der Waals surface area (Å²) < 4.78 is 29.0. The molecule has 0 radical (unpaired) electrons. The van der Waals surface area contributed by atoms with Crippen molar-refractivity contribution in [2.24, 2.45) is 0 Å². The Morgan fingerprint density at radius 3 is 2.88 bits per heavy atom. The fourth-order valence-electron chi connectivity index (χ4n) is 1.14. The summed E-state index contributed by atoms with van der Waals surface area (Å²) in [6.07, 6.45) is -2.47. The van der Waals surface area contributed by atoms with Crippen LogP contribution in [0, 0.1) is 3.57 Å². The van der Waals surface area contributed by atoms with Crippen molar-refractivity contribution in [2.75, 3.05) is 19.8 Å². The Morgan fingerprint density at radius 2 is 2.24 bits per heavy atom. The molecule has 1 N–H and O–H groups in total.